The molecule has 1 aromatic carbocycles. The zero-order valence-electron chi connectivity index (χ0n) is 14.0. The minimum absolute atomic E-state index is 0.00400. The van der Waals surface area contributed by atoms with E-state index in [-0.39, 0.29) is 36.1 Å². The molecule has 128 valence electrons. The molecule has 3 saturated carbocycles. The minimum Gasteiger partial charge on any atom is -0.390 e. The quantitative estimate of drug-likeness (QED) is 0.830. The fraction of sp³-hybridized carbons (Fsp3) is 0.579. The van der Waals surface area contributed by atoms with Gasteiger partial charge in [-0.1, -0.05) is 26.0 Å². The molecule has 4 unspecified atom stereocenters. The first-order valence-corrected chi connectivity index (χ1v) is 8.62. The van der Waals surface area contributed by atoms with Gasteiger partial charge in [-0.15, -0.1) is 0 Å². The van der Waals surface area contributed by atoms with Crippen LogP contribution in [0.1, 0.15) is 53.8 Å². The Kier molecular flexibility index (Phi) is 3.22. The molecule has 3 aliphatic carbocycles. The SMILES string of the molecule is CC1(C)C2CC(O)C(O)(CCN3C(=O)c4ccccc4C3=O)C1C2. The normalized spacial score (nSPS) is 36.5. The van der Waals surface area contributed by atoms with E-state index in [0.29, 0.717) is 23.5 Å². The summed E-state index contributed by atoms with van der Waals surface area (Å²) in [5.41, 5.74) is -0.394. The molecule has 5 rings (SSSR count). The number of aliphatic hydroxyl groups is 2. The molecular weight excluding hydrogens is 306 g/mol. The zero-order chi connectivity index (χ0) is 17.3. The summed E-state index contributed by atoms with van der Waals surface area (Å²) in [6.07, 6.45) is 0.926. The summed E-state index contributed by atoms with van der Waals surface area (Å²) in [6, 6.07) is 6.78. The van der Waals surface area contributed by atoms with Gasteiger partial charge < -0.3 is 10.2 Å². The van der Waals surface area contributed by atoms with Crippen molar-refractivity contribution in [1.82, 2.24) is 4.90 Å². The Morgan fingerprint density at radius 2 is 1.71 bits per heavy atom. The number of amides is 2. The topological polar surface area (TPSA) is 77.8 Å². The zero-order valence-corrected chi connectivity index (χ0v) is 14.0. The fourth-order valence-corrected chi connectivity index (χ4v) is 5.04. The van der Waals surface area contributed by atoms with Crippen LogP contribution in [-0.4, -0.2) is 45.2 Å². The van der Waals surface area contributed by atoms with Crippen molar-refractivity contribution in [3.8, 4) is 0 Å². The van der Waals surface area contributed by atoms with Crippen molar-refractivity contribution < 1.29 is 19.8 Å². The summed E-state index contributed by atoms with van der Waals surface area (Å²) in [4.78, 5) is 26.1. The van der Waals surface area contributed by atoms with Crippen LogP contribution in [0.15, 0.2) is 24.3 Å². The van der Waals surface area contributed by atoms with Gasteiger partial charge in [0.05, 0.1) is 22.8 Å². The molecule has 5 heteroatoms. The highest BCUT2D eigenvalue weighted by Gasteiger charge is 2.64. The number of imide groups is 1. The van der Waals surface area contributed by atoms with E-state index in [1.54, 1.807) is 24.3 Å². The second kappa shape index (κ2) is 4.90. The Morgan fingerprint density at radius 1 is 1.12 bits per heavy atom. The van der Waals surface area contributed by atoms with E-state index >= 15 is 0 Å². The molecule has 2 bridgehead atoms. The molecule has 5 nitrogen and oxygen atoms in total. The summed E-state index contributed by atoms with van der Waals surface area (Å²) in [5.74, 6) is -0.170. The lowest BCUT2D eigenvalue weighted by molar-refractivity contribution is -0.256. The fourth-order valence-electron chi connectivity index (χ4n) is 5.04. The molecule has 2 amide bonds. The monoisotopic (exact) mass is 329 g/mol. The van der Waals surface area contributed by atoms with Crippen LogP contribution in [0.5, 0.6) is 0 Å². The third-order valence-electron chi connectivity index (χ3n) is 6.77. The average molecular weight is 329 g/mol. The smallest absolute Gasteiger partial charge is 0.261 e. The lowest BCUT2D eigenvalue weighted by Gasteiger charge is -2.65. The molecule has 0 saturated heterocycles. The van der Waals surface area contributed by atoms with E-state index in [4.69, 9.17) is 0 Å². The van der Waals surface area contributed by atoms with Crippen molar-refractivity contribution in [3.63, 3.8) is 0 Å². The molecule has 4 aliphatic rings. The van der Waals surface area contributed by atoms with Gasteiger partial charge in [0.2, 0.25) is 0 Å². The largest absolute Gasteiger partial charge is 0.390 e. The number of fused-ring (bicyclic) bond motifs is 3. The second-order valence-electron chi connectivity index (χ2n) is 8.11. The predicted octanol–water partition coefficient (Wildman–Crippen LogP) is 1.83. The van der Waals surface area contributed by atoms with Gasteiger partial charge >= 0.3 is 0 Å². The van der Waals surface area contributed by atoms with Gasteiger partial charge in [0.25, 0.3) is 11.8 Å². The highest BCUT2D eigenvalue weighted by atomic mass is 16.3. The van der Waals surface area contributed by atoms with Crippen molar-refractivity contribution in [2.75, 3.05) is 6.54 Å². The molecule has 2 N–H and O–H groups in total. The Morgan fingerprint density at radius 3 is 2.25 bits per heavy atom. The molecule has 0 radical (unpaired) electrons. The van der Waals surface area contributed by atoms with Gasteiger partial charge in [-0.05, 0) is 48.6 Å². The number of hydrogen-bond acceptors (Lipinski definition) is 4. The Bertz CT molecular complexity index is 693. The van der Waals surface area contributed by atoms with E-state index in [2.05, 4.69) is 13.8 Å². The van der Waals surface area contributed by atoms with Crippen LogP contribution in [0.4, 0.5) is 0 Å². The maximum atomic E-state index is 12.4. The highest BCUT2D eigenvalue weighted by molar-refractivity contribution is 6.21. The lowest BCUT2D eigenvalue weighted by Crippen LogP contribution is -2.68. The van der Waals surface area contributed by atoms with Gasteiger partial charge in [-0.3, -0.25) is 14.5 Å². The third kappa shape index (κ3) is 1.88. The molecule has 1 aromatic rings. The first-order valence-electron chi connectivity index (χ1n) is 8.62. The predicted molar refractivity (Wildman–Crippen MR) is 87.4 cm³/mol. The van der Waals surface area contributed by atoms with E-state index in [9.17, 15) is 19.8 Å². The summed E-state index contributed by atoms with van der Waals surface area (Å²) < 4.78 is 0. The molecule has 3 fully saturated rings. The molecule has 1 heterocycles. The van der Waals surface area contributed by atoms with Crippen molar-refractivity contribution >= 4 is 11.8 Å². The number of nitrogens with zero attached hydrogens (tertiary/aromatic N) is 1. The standard InChI is InChI=1S/C19H23NO4/c1-18(2)11-9-14(18)19(24,15(21)10-11)7-8-20-16(22)12-5-3-4-6-13(12)17(20)23/h3-6,11,14-15,21,24H,7-10H2,1-2H3. The van der Waals surface area contributed by atoms with Crippen LogP contribution in [0.25, 0.3) is 0 Å². The number of hydrogen-bond donors (Lipinski definition) is 2. The van der Waals surface area contributed by atoms with Gasteiger partial charge in [0, 0.05) is 6.54 Å². The van der Waals surface area contributed by atoms with E-state index in [1.165, 1.54) is 4.90 Å². The van der Waals surface area contributed by atoms with Crippen LogP contribution >= 0.6 is 0 Å². The number of carbonyl (C=O) groups is 2. The van der Waals surface area contributed by atoms with Crippen molar-refractivity contribution in [2.24, 2.45) is 17.3 Å². The highest BCUT2D eigenvalue weighted by Crippen LogP contribution is 2.63. The molecular formula is C19H23NO4. The maximum absolute atomic E-state index is 12.4. The van der Waals surface area contributed by atoms with Crippen molar-refractivity contribution in [2.45, 2.75) is 44.8 Å². The lowest BCUT2D eigenvalue weighted by atomic mass is 9.43. The molecule has 1 aliphatic heterocycles. The Hall–Kier alpha value is -1.72. The minimum atomic E-state index is -1.23. The van der Waals surface area contributed by atoms with E-state index < -0.39 is 11.7 Å². The van der Waals surface area contributed by atoms with Crippen LogP contribution in [0.2, 0.25) is 0 Å². The Labute approximate surface area is 141 Å². The summed E-state index contributed by atoms with van der Waals surface area (Å²) in [5, 5.41) is 21.5. The summed E-state index contributed by atoms with van der Waals surface area (Å²) >= 11 is 0. The maximum Gasteiger partial charge on any atom is 0.261 e. The van der Waals surface area contributed by atoms with Crippen molar-refractivity contribution in [3.05, 3.63) is 35.4 Å². The summed E-state index contributed by atoms with van der Waals surface area (Å²) in [6.45, 7) is 4.40. The average Bonchev–Trinajstić information content (AvgIpc) is 2.79. The van der Waals surface area contributed by atoms with Crippen LogP contribution in [-0.2, 0) is 0 Å². The molecule has 0 spiro atoms. The van der Waals surface area contributed by atoms with Crippen LogP contribution in [0, 0.1) is 17.3 Å². The van der Waals surface area contributed by atoms with E-state index in [0.717, 1.165) is 6.42 Å². The first-order chi connectivity index (χ1) is 11.3. The van der Waals surface area contributed by atoms with Crippen LogP contribution < -0.4 is 0 Å². The van der Waals surface area contributed by atoms with Gasteiger partial charge in [-0.25, -0.2) is 0 Å². The number of benzene rings is 1. The summed E-state index contributed by atoms with van der Waals surface area (Å²) in [7, 11) is 0. The third-order valence-corrected chi connectivity index (χ3v) is 6.77. The van der Waals surface area contributed by atoms with Gasteiger partial charge in [-0.2, -0.15) is 0 Å². The number of rotatable bonds is 3. The molecule has 4 atom stereocenters. The van der Waals surface area contributed by atoms with Gasteiger partial charge in [0.15, 0.2) is 0 Å². The number of aliphatic hydroxyl groups excluding tert-OH is 1. The van der Waals surface area contributed by atoms with Crippen LogP contribution in [0.3, 0.4) is 0 Å². The Balaban J connectivity index is 1.53. The second-order valence-corrected chi connectivity index (χ2v) is 8.11. The van der Waals surface area contributed by atoms with E-state index in [1.807, 2.05) is 0 Å². The van der Waals surface area contributed by atoms with Gasteiger partial charge in [0.1, 0.15) is 0 Å². The molecule has 0 aromatic heterocycles. The van der Waals surface area contributed by atoms with Crippen molar-refractivity contribution in [1.29, 1.82) is 0 Å². The number of carbonyl (C=O) groups excluding carboxylic acids is 2. The molecule has 24 heavy (non-hydrogen) atoms. The first kappa shape index (κ1) is 15.8.